The fourth-order valence-corrected chi connectivity index (χ4v) is 2.50. The van der Waals surface area contributed by atoms with Crippen LogP contribution in [0.2, 0.25) is 0 Å². The first-order valence-corrected chi connectivity index (χ1v) is 6.66. The topological polar surface area (TPSA) is 26.3 Å². The fourth-order valence-electron chi connectivity index (χ4n) is 2.50. The van der Waals surface area contributed by atoms with E-state index < -0.39 is 17.4 Å². The van der Waals surface area contributed by atoms with Crippen LogP contribution in [0.3, 0.4) is 0 Å². The third kappa shape index (κ3) is 2.20. The molecule has 2 aromatic rings. The minimum Gasteiger partial charge on any atom is -0.492 e. The summed E-state index contributed by atoms with van der Waals surface area (Å²) in [4.78, 5) is 12.4. The molecule has 2 aromatic carbocycles. The molecular weight excluding hydrogens is 274 g/mol. The summed E-state index contributed by atoms with van der Waals surface area (Å²) in [5.41, 5.74) is 0.778. The number of hydrogen-bond donors (Lipinski definition) is 0. The van der Waals surface area contributed by atoms with E-state index in [0.717, 1.165) is 17.4 Å². The Balaban J connectivity index is 2.06. The van der Waals surface area contributed by atoms with E-state index in [1.54, 1.807) is 18.2 Å². The van der Waals surface area contributed by atoms with Crippen LogP contribution in [0, 0.1) is 11.6 Å². The summed E-state index contributed by atoms with van der Waals surface area (Å²) in [5, 5.41) is 0. The average molecular weight is 288 g/mol. The predicted molar refractivity (Wildman–Crippen MR) is 74.8 cm³/mol. The molecule has 21 heavy (non-hydrogen) atoms. The van der Waals surface area contributed by atoms with Crippen molar-refractivity contribution in [3.8, 4) is 5.75 Å². The molecule has 0 amide bonds. The van der Waals surface area contributed by atoms with Gasteiger partial charge in [0.05, 0.1) is 12.2 Å². The summed E-state index contributed by atoms with van der Waals surface area (Å²) in [6, 6.07) is 8.59. The molecule has 0 fully saturated rings. The van der Waals surface area contributed by atoms with Gasteiger partial charge in [0.15, 0.2) is 17.4 Å². The molecule has 0 unspecified atom stereocenters. The first-order valence-electron chi connectivity index (χ1n) is 6.66. The number of carbonyl (C=O) groups excluding carboxylic acids is 1. The van der Waals surface area contributed by atoms with Crippen molar-refractivity contribution in [2.45, 2.75) is 19.3 Å². The molecule has 108 valence electrons. The lowest BCUT2D eigenvalue weighted by Gasteiger charge is -2.15. The number of halogens is 2. The van der Waals surface area contributed by atoms with E-state index in [-0.39, 0.29) is 11.0 Å². The van der Waals surface area contributed by atoms with Crippen LogP contribution in [0.4, 0.5) is 8.78 Å². The zero-order valence-corrected chi connectivity index (χ0v) is 11.7. The van der Waals surface area contributed by atoms with E-state index in [2.05, 4.69) is 0 Å². The lowest BCUT2D eigenvalue weighted by atomic mass is 9.85. The van der Waals surface area contributed by atoms with Crippen molar-refractivity contribution >= 4 is 5.78 Å². The maximum atomic E-state index is 13.7. The maximum Gasteiger partial charge on any atom is 0.196 e. The van der Waals surface area contributed by atoms with Crippen LogP contribution in [0.5, 0.6) is 5.75 Å². The lowest BCUT2D eigenvalue weighted by molar-refractivity contribution is 0.103. The average Bonchev–Trinajstić information content (AvgIpc) is 2.76. The Bertz CT molecular complexity index is 736. The highest BCUT2D eigenvalue weighted by Gasteiger charge is 2.32. The zero-order valence-electron chi connectivity index (χ0n) is 11.7. The van der Waals surface area contributed by atoms with Crippen molar-refractivity contribution in [3.63, 3.8) is 0 Å². The molecule has 0 atom stereocenters. The molecular formula is C17H14F2O2. The molecule has 2 nitrogen and oxygen atoms in total. The highest BCUT2D eigenvalue weighted by molar-refractivity contribution is 6.09. The van der Waals surface area contributed by atoms with Crippen LogP contribution in [0.15, 0.2) is 36.4 Å². The van der Waals surface area contributed by atoms with E-state index >= 15 is 0 Å². The van der Waals surface area contributed by atoms with E-state index in [4.69, 9.17) is 4.74 Å². The second-order valence-corrected chi connectivity index (χ2v) is 5.81. The number of hydrogen-bond acceptors (Lipinski definition) is 2. The van der Waals surface area contributed by atoms with Gasteiger partial charge in [-0.25, -0.2) is 8.78 Å². The summed E-state index contributed by atoms with van der Waals surface area (Å²) in [7, 11) is 0. The monoisotopic (exact) mass is 288 g/mol. The molecule has 0 bridgehead atoms. The number of carbonyl (C=O) groups is 1. The summed E-state index contributed by atoms with van der Waals surface area (Å²) >= 11 is 0. The molecule has 0 saturated heterocycles. The van der Waals surface area contributed by atoms with Crippen molar-refractivity contribution in [3.05, 3.63) is 64.7 Å². The normalized spacial score (nSPS) is 15.4. The van der Waals surface area contributed by atoms with Gasteiger partial charge in [0.25, 0.3) is 0 Å². The first-order chi connectivity index (χ1) is 9.90. The fraction of sp³-hybridized carbons (Fsp3) is 0.235. The van der Waals surface area contributed by atoms with E-state index in [0.29, 0.717) is 12.2 Å². The molecule has 0 aromatic heterocycles. The molecule has 3 rings (SSSR count). The number of rotatable bonds is 2. The largest absolute Gasteiger partial charge is 0.492 e. The number of fused-ring (bicyclic) bond motifs is 1. The molecule has 4 heteroatoms. The number of ether oxygens (including phenoxy) is 1. The lowest BCUT2D eigenvalue weighted by Crippen LogP contribution is -2.18. The standard InChI is InChI=1S/C17H14F2O2/c1-17(2)9-21-14-7-6-10(8-12(14)17)16(20)11-4-3-5-13(18)15(11)19/h3-8H,9H2,1-2H3. The molecule has 0 radical (unpaired) electrons. The van der Waals surface area contributed by atoms with Gasteiger partial charge in [-0.15, -0.1) is 0 Å². The van der Waals surface area contributed by atoms with Gasteiger partial charge in [-0.2, -0.15) is 0 Å². The van der Waals surface area contributed by atoms with Gasteiger partial charge < -0.3 is 4.74 Å². The minimum absolute atomic E-state index is 0.202. The first kappa shape index (κ1) is 13.7. The molecule has 0 N–H and O–H groups in total. The highest BCUT2D eigenvalue weighted by Crippen LogP contribution is 2.39. The Morgan fingerprint density at radius 3 is 2.71 bits per heavy atom. The molecule has 0 saturated carbocycles. The second kappa shape index (κ2) is 4.65. The van der Waals surface area contributed by atoms with Crippen LogP contribution in [0.1, 0.15) is 35.3 Å². The zero-order chi connectivity index (χ0) is 15.2. The van der Waals surface area contributed by atoms with Gasteiger partial charge in [0.2, 0.25) is 0 Å². The van der Waals surface area contributed by atoms with Crippen molar-refractivity contribution in [2.75, 3.05) is 6.61 Å². The summed E-state index contributed by atoms with van der Waals surface area (Å²) < 4.78 is 32.5. The van der Waals surface area contributed by atoms with Gasteiger partial charge in [-0.3, -0.25) is 4.79 Å². The van der Waals surface area contributed by atoms with Crippen molar-refractivity contribution in [2.24, 2.45) is 0 Å². The smallest absolute Gasteiger partial charge is 0.196 e. The predicted octanol–water partition coefficient (Wildman–Crippen LogP) is 3.87. The molecule has 1 heterocycles. The minimum atomic E-state index is -1.11. The summed E-state index contributed by atoms with van der Waals surface area (Å²) in [6.45, 7) is 4.56. The van der Waals surface area contributed by atoms with Gasteiger partial charge in [-0.05, 0) is 30.3 Å². The third-order valence-electron chi connectivity index (χ3n) is 3.76. The van der Waals surface area contributed by atoms with Gasteiger partial charge in [-0.1, -0.05) is 19.9 Å². The molecule has 0 aliphatic carbocycles. The van der Waals surface area contributed by atoms with E-state index in [9.17, 15) is 13.6 Å². The third-order valence-corrected chi connectivity index (χ3v) is 3.76. The SMILES string of the molecule is CC1(C)COc2ccc(C(=O)c3cccc(F)c3F)cc21. The Hall–Kier alpha value is -2.23. The van der Waals surface area contributed by atoms with Gasteiger partial charge in [0, 0.05) is 16.5 Å². The quantitative estimate of drug-likeness (QED) is 0.784. The van der Waals surface area contributed by atoms with Crippen LogP contribution in [-0.2, 0) is 5.41 Å². The number of benzene rings is 2. The van der Waals surface area contributed by atoms with Crippen molar-refractivity contribution in [1.82, 2.24) is 0 Å². The number of ketones is 1. The van der Waals surface area contributed by atoms with Crippen LogP contribution < -0.4 is 4.74 Å². The van der Waals surface area contributed by atoms with Crippen LogP contribution in [-0.4, -0.2) is 12.4 Å². The summed E-state index contributed by atoms with van der Waals surface area (Å²) in [6.07, 6.45) is 0. The maximum absolute atomic E-state index is 13.7. The Kier molecular flexibility index (Phi) is 3.04. The Morgan fingerprint density at radius 1 is 1.19 bits per heavy atom. The Morgan fingerprint density at radius 2 is 1.95 bits per heavy atom. The van der Waals surface area contributed by atoms with Crippen LogP contribution >= 0.6 is 0 Å². The van der Waals surface area contributed by atoms with Crippen LogP contribution in [0.25, 0.3) is 0 Å². The summed E-state index contributed by atoms with van der Waals surface area (Å²) in [5.74, 6) is -1.93. The van der Waals surface area contributed by atoms with Crippen molar-refractivity contribution < 1.29 is 18.3 Å². The Labute approximate surface area is 121 Å². The molecule has 1 aliphatic rings. The second-order valence-electron chi connectivity index (χ2n) is 5.81. The molecule has 1 aliphatic heterocycles. The van der Waals surface area contributed by atoms with E-state index in [1.807, 2.05) is 13.8 Å². The highest BCUT2D eigenvalue weighted by atomic mass is 19.2. The van der Waals surface area contributed by atoms with Gasteiger partial charge >= 0.3 is 0 Å². The van der Waals surface area contributed by atoms with Crippen molar-refractivity contribution in [1.29, 1.82) is 0 Å². The van der Waals surface area contributed by atoms with E-state index in [1.165, 1.54) is 12.1 Å². The van der Waals surface area contributed by atoms with Gasteiger partial charge in [0.1, 0.15) is 5.75 Å². The molecule has 0 spiro atoms.